The van der Waals surface area contributed by atoms with Crippen molar-refractivity contribution in [3.8, 4) is 0 Å². The summed E-state index contributed by atoms with van der Waals surface area (Å²) in [6, 6.07) is 10.2. The van der Waals surface area contributed by atoms with Crippen LogP contribution in [0.15, 0.2) is 30.3 Å². The maximum atomic E-state index is 12.0. The van der Waals surface area contributed by atoms with Crippen molar-refractivity contribution in [3.05, 3.63) is 35.9 Å². The number of carbonyl (C=O) groups is 1. The maximum absolute atomic E-state index is 12.0. The van der Waals surface area contributed by atoms with Crippen LogP contribution in [0, 0.1) is 11.3 Å². The minimum atomic E-state index is 0.237. The number of hydrogen-bond acceptors (Lipinski definition) is 2. The highest BCUT2D eigenvalue weighted by Crippen LogP contribution is 2.38. The number of Topliss-reactive ketones (excluding diaryl/α,β-unsaturated/α-hetero) is 1. The molecule has 1 fully saturated rings. The van der Waals surface area contributed by atoms with Gasteiger partial charge in [0.25, 0.3) is 0 Å². The summed E-state index contributed by atoms with van der Waals surface area (Å²) in [5.74, 6) is 1.02. The Morgan fingerprint density at radius 3 is 2.60 bits per heavy atom. The molecule has 0 spiro atoms. The van der Waals surface area contributed by atoms with Gasteiger partial charge in [0, 0.05) is 24.6 Å². The average molecular weight is 273 g/mol. The van der Waals surface area contributed by atoms with Crippen molar-refractivity contribution >= 4 is 5.78 Å². The summed E-state index contributed by atoms with van der Waals surface area (Å²) in [5, 5.41) is 3.59. The van der Waals surface area contributed by atoms with Gasteiger partial charge in [-0.25, -0.2) is 0 Å². The van der Waals surface area contributed by atoms with Crippen molar-refractivity contribution in [2.24, 2.45) is 11.3 Å². The highest BCUT2D eigenvalue weighted by atomic mass is 16.1. The molecule has 0 saturated heterocycles. The van der Waals surface area contributed by atoms with Gasteiger partial charge in [-0.15, -0.1) is 0 Å². The number of benzene rings is 1. The molecule has 1 aromatic carbocycles. The second kappa shape index (κ2) is 6.53. The highest BCUT2D eigenvalue weighted by molar-refractivity contribution is 5.96. The van der Waals surface area contributed by atoms with E-state index in [1.54, 1.807) is 0 Å². The zero-order valence-electron chi connectivity index (χ0n) is 13.0. The van der Waals surface area contributed by atoms with E-state index >= 15 is 0 Å². The molecule has 1 aliphatic rings. The minimum absolute atomic E-state index is 0.237. The van der Waals surface area contributed by atoms with E-state index in [-0.39, 0.29) is 5.78 Å². The lowest BCUT2D eigenvalue weighted by molar-refractivity contribution is 0.0976. The van der Waals surface area contributed by atoms with Crippen molar-refractivity contribution in [3.63, 3.8) is 0 Å². The van der Waals surface area contributed by atoms with Crippen LogP contribution < -0.4 is 5.32 Å². The summed E-state index contributed by atoms with van der Waals surface area (Å²) in [4.78, 5) is 12.0. The Morgan fingerprint density at radius 1 is 1.25 bits per heavy atom. The van der Waals surface area contributed by atoms with Gasteiger partial charge in [-0.05, 0) is 30.6 Å². The number of hydrogen-bond donors (Lipinski definition) is 1. The Hall–Kier alpha value is -1.15. The van der Waals surface area contributed by atoms with Gasteiger partial charge in [0.15, 0.2) is 5.78 Å². The van der Waals surface area contributed by atoms with Crippen LogP contribution >= 0.6 is 0 Å². The standard InChI is InChI=1S/C18H27NO/c1-14-11-16(13-18(2,3)12-14)19-10-9-17(20)15-7-5-4-6-8-15/h4-8,14,16,19H,9-13H2,1-3H3. The smallest absolute Gasteiger partial charge is 0.164 e. The fourth-order valence-corrected chi connectivity index (χ4v) is 3.66. The van der Waals surface area contributed by atoms with E-state index in [0.29, 0.717) is 17.9 Å². The van der Waals surface area contributed by atoms with Gasteiger partial charge in [0.1, 0.15) is 0 Å². The second-order valence-corrected chi connectivity index (χ2v) is 7.10. The van der Waals surface area contributed by atoms with Crippen LogP contribution in [0.3, 0.4) is 0 Å². The first-order valence-electron chi connectivity index (χ1n) is 7.78. The summed E-state index contributed by atoms with van der Waals surface area (Å²) in [7, 11) is 0. The van der Waals surface area contributed by atoms with Crippen LogP contribution in [0.5, 0.6) is 0 Å². The third-order valence-corrected chi connectivity index (χ3v) is 4.27. The molecule has 0 radical (unpaired) electrons. The second-order valence-electron chi connectivity index (χ2n) is 7.10. The van der Waals surface area contributed by atoms with E-state index in [4.69, 9.17) is 0 Å². The van der Waals surface area contributed by atoms with Crippen LogP contribution in [0.1, 0.15) is 56.8 Å². The normalized spacial score (nSPS) is 25.4. The van der Waals surface area contributed by atoms with Crippen molar-refractivity contribution < 1.29 is 4.79 Å². The average Bonchev–Trinajstić information content (AvgIpc) is 2.37. The summed E-state index contributed by atoms with van der Waals surface area (Å²) >= 11 is 0. The molecule has 2 heteroatoms. The van der Waals surface area contributed by atoms with Crippen LogP contribution in [0.2, 0.25) is 0 Å². The number of carbonyl (C=O) groups excluding carboxylic acids is 1. The Morgan fingerprint density at radius 2 is 1.95 bits per heavy atom. The fourth-order valence-electron chi connectivity index (χ4n) is 3.66. The summed E-state index contributed by atoms with van der Waals surface area (Å²) < 4.78 is 0. The molecule has 1 saturated carbocycles. The zero-order valence-corrected chi connectivity index (χ0v) is 13.0. The van der Waals surface area contributed by atoms with Crippen molar-refractivity contribution in [1.82, 2.24) is 5.32 Å². The molecule has 0 amide bonds. The van der Waals surface area contributed by atoms with E-state index in [0.717, 1.165) is 18.0 Å². The molecule has 0 heterocycles. The minimum Gasteiger partial charge on any atom is -0.313 e. The summed E-state index contributed by atoms with van der Waals surface area (Å²) in [6.07, 6.45) is 4.36. The lowest BCUT2D eigenvalue weighted by atomic mass is 9.70. The van der Waals surface area contributed by atoms with E-state index in [1.165, 1.54) is 19.3 Å². The molecular weight excluding hydrogens is 246 g/mol. The van der Waals surface area contributed by atoms with E-state index < -0.39 is 0 Å². The molecule has 0 aliphatic heterocycles. The summed E-state index contributed by atoms with van der Waals surface area (Å²) in [5.41, 5.74) is 1.25. The Labute approximate surface area is 123 Å². The Bertz CT molecular complexity index is 438. The molecule has 2 rings (SSSR count). The lowest BCUT2D eigenvalue weighted by Crippen LogP contribution is -2.40. The highest BCUT2D eigenvalue weighted by Gasteiger charge is 2.31. The SMILES string of the molecule is CC1CC(NCCC(=O)c2ccccc2)CC(C)(C)C1. The van der Waals surface area contributed by atoms with E-state index in [2.05, 4.69) is 26.1 Å². The summed E-state index contributed by atoms with van der Waals surface area (Å²) in [6.45, 7) is 7.84. The van der Waals surface area contributed by atoms with Gasteiger partial charge in [-0.2, -0.15) is 0 Å². The van der Waals surface area contributed by atoms with E-state index in [9.17, 15) is 4.79 Å². The molecule has 1 aliphatic carbocycles. The fraction of sp³-hybridized carbons (Fsp3) is 0.611. The predicted molar refractivity (Wildman–Crippen MR) is 84.0 cm³/mol. The number of rotatable bonds is 5. The molecule has 2 atom stereocenters. The van der Waals surface area contributed by atoms with Crippen LogP contribution in [0.4, 0.5) is 0 Å². The third kappa shape index (κ3) is 4.45. The number of nitrogens with one attached hydrogen (secondary N) is 1. The van der Waals surface area contributed by atoms with Gasteiger partial charge < -0.3 is 5.32 Å². The topological polar surface area (TPSA) is 29.1 Å². The largest absolute Gasteiger partial charge is 0.313 e. The van der Waals surface area contributed by atoms with Gasteiger partial charge in [-0.3, -0.25) is 4.79 Å². The molecule has 2 nitrogen and oxygen atoms in total. The first-order valence-corrected chi connectivity index (χ1v) is 7.78. The maximum Gasteiger partial charge on any atom is 0.164 e. The molecule has 0 aromatic heterocycles. The quantitative estimate of drug-likeness (QED) is 0.820. The van der Waals surface area contributed by atoms with E-state index in [1.807, 2.05) is 30.3 Å². The van der Waals surface area contributed by atoms with Crippen LogP contribution in [0.25, 0.3) is 0 Å². The first kappa shape index (κ1) is 15.2. The van der Waals surface area contributed by atoms with Gasteiger partial charge in [0.05, 0.1) is 0 Å². The van der Waals surface area contributed by atoms with Gasteiger partial charge >= 0.3 is 0 Å². The lowest BCUT2D eigenvalue weighted by Gasteiger charge is -2.39. The number of ketones is 1. The Kier molecular flexibility index (Phi) is 4.98. The van der Waals surface area contributed by atoms with Crippen molar-refractivity contribution in [2.75, 3.05) is 6.54 Å². The van der Waals surface area contributed by atoms with Gasteiger partial charge in [0.2, 0.25) is 0 Å². The molecular formula is C18H27NO. The first-order chi connectivity index (χ1) is 9.46. The zero-order chi connectivity index (χ0) is 14.6. The van der Waals surface area contributed by atoms with Crippen LogP contribution in [-0.4, -0.2) is 18.4 Å². The van der Waals surface area contributed by atoms with Crippen molar-refractivity contribution in [1.29, 1.82) is 0 Å². The third-order valence-electron chi connectivity index (χ3n) is 4.27. The molecule has 1 N–H and O–H groups in total. The molecule has 1 aromatic rings. The van der Waals surface area contributed by atoms with Gasteiger partial charge in [-0.1, -0.05) is 51.1 Å². The predicted octanol–water partition coefficient (Wildman–Crippen LogP) is 4.06. The molecule has 2 unspecified atom stereocenters. The molecule has 110 valence electrons. The molecule has 0 bridgehead atoms. The monoisotopic (exact) mass is 273 g/mol. The Balaban J connectivity index is 1.77. The van der Waals surface area contributed by atoms with Crippen LogP contribution in [-0.2, 0) is 0 Å². The molecule has 20 heavy (non-hydrogen) atoms. The van der Waals surface area contributed by atoms with Crippen molar-refractivity contribution in [2.45, 2.75) is 52.5 Å².